The SMILES string of the molecule is CC(C)C1(C(=O)N2CCN(CC(=O)O)CC2)CCNC1. The minimum Gasteiger partial charge on any atom is -0.480 e. The van der Waals surface area contributed by atoms with Gasteiger partial charge in [-0.3, -0.25) is 14.5 Å². The molecule has 1 atom stereocenters. The van der Waals surface area contributed by atoms with Gasteiger partial charge in [0.05, 0.1) is 12.0 Å². The van der Waals surface area contributed by atoms with Crippen molar-refractivity contribution in [2.75, 3.05) is 45.8 Å². The summed E-state index contributed by atoms with van der Waals surface area (Å²) in [7, 11) is 0. The van der Waals surface area contributed by atoms with Gasteiger partial charge in [-0.2, -0.15) is 0 Å². The topological polar surface area (TPSA) is 72.9 Å². The standard InChI is InChI=1S/C14H25N3O3/c1-11(2)14(3-4-15-10-14)13(20)17-7-5-16(6-8-17)9-12(18)19/h11,15H,3-10H2,1-2H3,(H,18,19). The van der Waals surface area contributed by atoms with E-state index < -0.39 is 5.97 Å². The summed E-state index contributed by atoms with van der Waals surface area (Å²) >= 11 is 0. The Labute approximate surface area is 120 Å². The highest BCUT2D eigenvalue weighted by atomic mass is 16.4. The lowest BCUT2D eigenvalue weighted by Crippen LogP contribution is -2.55. The molecule has 6 heteroatoms. The van der Waals surface area contributed by atoms with Crippen molar-refractivity contribution < 1.29 is 14.7 Å². The first kappa shape index (κ1) is 15.3. The predicted octanol–water partition coefficient (Wildman–Crippen LogP) is -0.149. The molecule has 6 nitrogen and oxygen atoms in total. The lowest BCUT2D eigenvalue weighted by Gasteiger charge is -2.40. The Morgan fingerprint density at radius 2 is 1.90 bits per heavy atom. The quantitative estimate of drug-likeness (QED) is 0.751. The molecule has 1 unspecified atom stereocenters. The fourth-order valence-corrected chi connectivity index (χ4v) is 3.25. The second-order valence-corrected chi connectivity index (χ2v) is 6.20. The van der Waals surface area contributed by atoms with E-state index in [-0.39, 0.29) is 17.9 Å². The van der Waals surface area contributed by atoms with Crippen LogP contribution in [0.4, 0.5) is 0 Å². The number of hydrogen-bond donors (Lipinski definition) is 2. The lowest BCUT2D eigenvalue weighted by atomic mass is 9.75. The average molecular weight is 283 g/mol. The van der Waals surface area contributed by atoms with Gasteiger partial charge < -0.3 is 15.3 Å². The van der Waals surface area contributed by atoms with E-state index in [0.717, 1.165) is 19.5 Å². The minimum atomic E-state index is -0.802. The van der Waals surface area contributed by atoms with E-state index in [0.29, 0.717) is 32.1 Å². The van der Waals surface area contributed by atoms with Gasteiger partial charge in [-0.05, 0) is 18.9 Å². The number of nitrogens with one attached hydrogen (secondary N) is 1. The Balaban J connectivity index is 1.95. The van der Waals surface area contributed by atoms with Crippen LogP contribution in [0.15, 0.2) is 0 Å². The predicted molar refractivity (Wildman–Crippen MR) is 75.4 cm³/mol. The molecule has 0 spiro atoms. The Bertz CT molecular complexity index is 370. The Hall–Kier alpha value is -1.14. The number of carbonyl (C=O) groups is 2. The molecule has 20 heavy (non-hydrogen) atoms. The molecule has 2 aliphatic rings. The third-order valence-electron chi connectivity index (χ3n) is 4.74. The van der Waals surface area contributed by atoms with Gasteiger partial charge in [-0.1, -0.05) is 13.8 Å². The highest BCUT2D eigenvalue weighted by Gasteiger charge is 2.46. The number of aliphatic carboxylic acids is 1. The first-order valence-corrected chi connectivity index (χ1v) is 7.40. The van der Waals surface area contributed by atoms with Gasteiger partial charge >= 0.3 is 5.97 Å². The fraction of sp³-hybridized carbons (Fsp3) is 0.857. The van der Waals surface area contributed by atoms with Crippen LogP contribution in [0.5, 0.6) is 0 Å². The molecular weight excluding hydrogens is 258 g/mol. The van der Waals surface area contributed by atoms with Crippen LogP contribution in [-0.4, -0.2) is 72.6 Å². The van der Waals surface area contributed by atoms with Crippen molar-refractivity contribution in [1.82, 2.24) is 15.1 Å². The summed E-state index contributed by atoms with van der Waals surface area (Å²) in [5.74, 6) is -0.238. The van der Waals surface area contributed by atoms with E-state index in [1.165, 1.54) is 0 Å². The normalized spacial score (nSPS) is 28.1. The van der Waals surface area contributed by atoms with E-state index in [4.69, 9.17) is 5.11 Å². The number of piperazine rings is 1. The number of nitrogens with zero attached hydrogens (tertiary/aromatic N) is 2. The monoisotopic (exact) mass is 283 g/mol. The molecule has 2 aliphatic heterocycles. The van der Waals surface area contributed by atoms with Crippen LogP contribution >= 0.6 is 0 Å². The molecular formula is C14H25N3O3. The third-order valence-corrected chi connectivity index (χ3v) is 4.74. The molecule has 114 valence electrons. The molecule has 2 fully saturated rings. The Kier molecular flexibility index (Phi) is 4.65. The molecule has 2 saturated heterocycles. The lowest BCUT2D eigenvalue weighted by molar-refractivity contribution is -0.146. The first-order valence-electron chi connectivity index (χ1n) is 7.40. The molecule has 0 aromatic carbocycles. The molecule has 0 radical (unpaired) electrons. The highest BCUT2D eigenvalue weighted by molar-refractivity contribution is 5.84. The molecule has 0 aliphatic carbocycles. The van der Waals surface area contributed by atoms with Gasteiger partial charge in [0.25, 0.3) is 0 Å². The molecule has 0 aromatic heterocycles. The second-order valence-electron chi connectivity index (χ2n) is 6.20. The van der Waals surface area contributed by atoms with Crippen LogP contribution in [0.25, 0.3) is 0 Å². The second kappa shape index (κ2) is 6.10. The molecule has 0 saturated carbocycles. The van der Waals surface area contributed by atoms with Crippen LogP contribution in [0, 0.1) is 11.3 Å². The summed E-state index contributed by atoms with van der Waals surface area (Å²) in [5.41, 5.74) is -0.269. The number of amides is 1. The van der Waals surface area contributed by atoms with Crippen LogP contribution in [0.1, 0.15) is 20.3 Å². The molecule has 2 N–H and O–H groups in total. The molecule has 2 rings (SSSR count). The van der Waals surface area contributed by atoms with Gasteiger partial charge in [-0.25, -0.2) is 0 Å². The Morgan fingerprint density at radius 1 is 1.25 bits per heavy atom. The third kappa shape index (κ3) is 2.96. The van der Waals surface area contributed by atoms with Crippen LogP contribution in [0.2, 0.25) is 0 Å². The zero-order valence-electron chi connectivity index (χ0n) is 12.4. The summed E-state index contributed by atoms with van der Waals surface area (Å²) in [6.07, 6.45) is 0.902. The molecule has 2 heterocycles. The maximum atomic E-state index is 12.8. The molecule has 0 bridgehead atoms. The van der Waals surface area contributed by atoms with Gasteiger partial charge in [-0.15, -0.1) is 0 Å². The number of carboxylic acid groups (broad SMARTS) is 1. The van der Waals surface area contributed by atoms with Crippen molar-refractivity contribution in [3.05, 3.63) is 0 Å². The van der Waals surface area contributed by atoms with Crippen LogP contribution in [0.3, 0.4) is 0 Å². The van der Waals surface area contributed by atoms with E-state index in [1.807, 2.05) is 9.80 Å². The number of carbonyl (C=O) groups excluding carboxylic acids is 1. The summed E-state index contributed by atoms with van der Waals surface area (Å²) < 4.78 is 0. The maximum Gasteiger partial charge on any atom is 0.317 e. The van der Waals surface area contributed by atoms with Crippen LogP contribution in [-0.2, 0) is 9.59 Å². The number of carboxylic acids is 1. The smallest absolute Gasteiger partial charge is 0.317 e. The van der Waals surface area contributed by atoms with Crippen LogP contribution < -0.4 is 5.32 Å². The summed E-state index contributed by atoms with van der Waals surface area (Å²) in [4.78, 5) is 27.4. The van der Waals surface area contributed by atoms with Crippen molar-refractivity contribution in [2.24, 2.45) is 11.3 Å². The summed E-state index contributed by atoms with van der Waals surface area (Å²) in [5, 5.41) is 12.1. The maximum absolute atomic E-state index is 12.8. The Morgan fingerprint density at radius 3 is 2.35 bits per heavy atom. The average Bonchev–Trinajstić information content (AvgIpc) is 2.88. The highest BCUT2D eigenvalue weighted by Crippen LogP contribution is 2.36. The fourth-order valence-electron chi connectivity index (χ4n) is 3.25. The molecule has 1 amide bonds. The van der Waals surface area contributed by atoms with Crippen molar-refractivity contribution in [3.63, 3.8) is 0 Å². The van der Waals surface area contributed by atoms with Gasteiger partial charge in [0.1, 0.15) is 0 Å². The zero-order chi connectivity index (χ0) is 14.8. The van der Waals surface area contributed by atoms with Crippen molar-refractivity contribution >= 4 is 11.9 Å². The number of hydrogen-bond acceptors (Lipinski definition) is 4. The molecule has 0 aromatic rings. The van der Waals surface area contributed by atoms with Gasteiger partial charge in [0.2, 0.25) is 5.91 Å². The number of rotatable bonds is 4. The van der Waals surface area contributed by atoms with E-state index in [9.17, 15) is 9.59 Å². The summed E-state index contributed by atoms with van der Waals surface area (Å²) in [6, 6.07) is 0. The van der Waals surface area contributed by atoms with E-state index in [2.05, 4.69) is 19.2 Å². The van der Waals surface area contributed by atoms with Crippen molar-refractivity contribution in [3.8, 4) is 0 Å². The largest absolute Gasteiger partial charge is 0.480 e. The van der Waals surface area contributed by atoms with Crippen molar-refractivity contribution in [2.45, 2.75) is 20.3 Å². The summed E-state index contributed by atoms with van der Waals surface area (Å²) in [6.45, 7) is 8.55. The van der Waals surface area contributed by atoms with Crippen molar-refractivity contribution in [1.29, 1.82) is 0 Å². The van der Waals surface area contributed by atoms with Gasteiger partial charge in [0, 0.05) is 32.7 Å². The van der Waals surface area contributed by atoms with E-state index >= 15 is 0 Å². The minimum absolute atomic E-state index is 0.0684. The van der Waals surface area contributed by atoms with Gasteiger partial charge in [0.15, 0.2) is 0 Å². The van der Waals surface area contributed by atoms with E-state index in [1.54, 1.807) is 0 Å². The first-order chi connectivity index (χ1) is 9.45. The zero-order valence-corrected chi connectivity index (χ0v) is 12.4.